The summed E-state index contributed by atoms with van der Waals surface area (Å²) in [5, 5.41) is 9.78. The number of nitrogens with zero attached hydrogens (tertiary/aromatic N) is 2. The summed E-state index contributed by atoms with van der Waals surface area (Å²) in [7, 11) is 3.56. The summed E-state index contributed by atoms with van der Waals surface area (Å²) in [6.07, 6.45) is 10.4. The van der Waals surface area contributed by atoms with Crippen LogP contribution in [0.3, 0.4) is 0 Å². The summed E-state index contributed by atoms with van der Waals surface area (Å²) < 4.78 is 17.5. The number of aliphatic hydroxyl groups is 1. The number of benzene rings is 1. The fourth-order valence-electron chi connectivity index (χ4n) is 5.25. The highest BCUT2D eigenvalue weighted by Gasteiger charge is 2.38. The van der Waals surface area contributed by atoms with Gasteiger partial charge in [-0.15, -0.1) is 0 Å². The third-order valence-electron chi connectivity index (χ3n) is 7.22. The summed E-state index contributed by atoms with van der Waals surface area (Å²) in [6, 6.07) is 6.77. The van der Waals surface area contributed by atoms with Gasteiger partial charge in [0.1, 0.15) is 11.4 Å². The Morgan fingerprint density at radius 2 is 1.94 bits per heavy atom. The number of ether oxygens (including phenoxy) is 2. The van der Waals surface area contributed by atoms with Crippen LogP contribution < -0.4 is 9.46 Å². The van der Waals surface area contributed by atoms with E-state index in [0.29, 0.717) is 6.04 Å². The molecule has 5 rings (SSSR count). The minimum Gasteiger partial charge on any atom is -0.496 e. The highest BCUT2D eigenvalue weighted by molar-refractivity contribution is 7.97. The second-order valence-electron chi connectivity index (χ2n) is 9.29. The lowest BCUT2D eigenvalue weighted by Gasteiger charge is -2.26. The molecule has 0 amide bonds. The van der Waals surface area contributed by atoms with E-state index in [2.05, 4.69) is 34.4 Å². The zero-order valence-electron chi connectivity index (χ0n) is 19.6. The summed E-state index contributed by atoms with van der Waals surface area (Å²) in [5.74, 6) is 0.862. The maximum absolute atomic E-state index is 9.78. The van der Waals surface area contributed by atoms with Gasteiger partial charge in [0, 0.05) is 24.9 Å². The normalized spacial score (nSPS) is 22.8. The number of hydrogen-bond donors (Lipinski definition) is 2. The first kappa shape index (κ1) is 23.2. The Morgan fingerprint density at radius 3 is 2.64 bits per heavy atom. The molecule has 178 valence electrons. The molecular formula is C25H33N3O3S2. The third-order valence-corrected chi connectivity index (χ3v) is 9.38. The predicted octanol–water partition coefficient (Wildman–Crippen LogP) is 5.70. The van der Waals surface area contributed by atoms with E-state index in [-0.39, 0.29) is 11.7 Å². The number of aryl methyl sites for hydroxylation is 1. The van der Waals surface area contributed by atoms with Gasteiger partial charge in [-0.3, -0.25) is 9.12 Å². The van der Waals surface area contributed by atoms with E-state index in [9.17, 15) is 5.11 Å². The number of fused-ring (bicyclic) bond motifs is 1. The molecule has 2 aliphatic carbocycles. The summed E-state index contributed by atoms with van der Waals surface area (Å²) >= 11 is 3.38. The molecule has 2 fully saturated rings. The third kappa shape index (κ3) is 4.44. The smallest absolute Gasteiger partial charge is 0.194 e. The Bertz CT molecular complexity index is 1110. The molecule has 0 atom stereocenters. The molecule has 8 heteroatoms. The fraction of sp³-hybridized carbons (Fsp3) is 0.560. The Labute approximate surface area is 203 Å². The van der Waals surface area contributed by atoms with Crippen LogP contribution in [-0.4, -0.2) is 40.9 Å². The van der Waals surface area contributed by atoms with Crippen LogP contribution in [-0.2, 0) is 10.3 Å². The van der Waals surface area contributed by atoms with Gasteiger partial charge in [0.25, 0.3) is 0 Å². The van der Waals surface area contributed by atoms with Gasteiger partial charge in [-0.2, -0.15) is 0 Å². The Kier molecular flexibility index (Phi) is 6.73. The average molecular weight is 488 g/mol. The number of nitrogens with one attached hydrogen (secondary N) is 1. The lowest BCUT2D eigenvalue weighted by molar-refractivity contribution is -0.00578. The van der Waals surface area contributed by atoms with Gasteiger partial charge in [-0.1, -0.05) is 24.2 Å². The van der Waals surface area contributed by atoms with E-state index < -0.39 is 0 Å². The molecule has 0 bridgehead atoms. The molecule has 2 aromatic heterocycles. The van der Waals surface area contributed by atoms with Gasteiger partial charge in [0.15, 0.2) is 4.96 Å². The standard InChI is InChI=1S/C25H33N3O3S2/c1-16-23(28-15-22(32-24(28)26-16)25(31-3)12-4-5-13-25)17-6-11-20(30-2)21(14-17)33-27-18-7-9-19(29)10-8-18/h6,11,14-15,18-19,27,29H,4-5,7-10,12-13H2,1-3H3/t18-,19+. The zero-order chi connectivity index (χ0) is 23.0. The molecule has 0 unspecified atom stereocenters. The average Bonchev–Trinajstić information content (AvgIpc) is 3.53. The van der Waals surface area contributed by atoms with E-state index in [1.807, 2.05) is 13.2 Å². The molecule has 0 radical (unpaired) electrons. The van der Waals surface area contributed by atoms with Crippen molar-refractivity contribution in [3.8, 4) is 17.0 Å². The van der Waals surface area contributed by atoms with E-state index in [0.717, 1.165) is 71.1 Å². The van der Waals surface area contributed by atoms with Crippen LogP contribution in [0.4, 0.5) is 0 Å². The number of aliphatic hydroxyl groups excluding tert-OH is 1. The van der Waals surface area contributed by atoms with Crippen molar-refractivity contribution in [2.45, 2.75) is 80.9 Å². The maximum atomic E-state index is 9.78. The summed E-state index contributed by atoms with van der Waals surface area (Å²) in [5.41, 5.74) is 3.13. The van der Waals surface area contributed by atoms with Crippen LogP contribution in [0, 0.1) is 6.92 Å². The molecule has 2 heterocycles. The molecule has 2 saturated carbocycles. The van der Waals surface area contributed by atoms with Crippen molar-refractivity contribution in [2.24, 2.45) is 0 Å². The van der Waals surface area contributed by atoms with Crippen molar-refractivity contribution in [3.63, 3.8) is 0 Å². The Balaban J connectivity index is 1.45. The number of imidazole rings is 1. The van der Waals surface area contributed by atoms with Gasteiger partial charge in [0.2, 0.25) is 0 Å². The van der Waals surface area contributed by atoms with Crippen LogP contribution in [0.1, 0.15) is 61.9 Å². The second-order valence-corrected chi connectivity index (χ2v) is 11.2. The lowest BCUT2D eigenvalue weighted by atomic mass is 9.94. The first-order valence-corrected chi connectivity index (χ1v) is 13.5. The largest absolute Gasteiger partial charge is 0.496 e. The second kappa shape index (κ2) is 9.58. The number of rotatable bonds is 7. The Hall–Kier alpha value is -1.58. The molecule has 33 heavy (non-hydrogen) atoms. The van der Waals surface area contributed by atoms with E-state index in [1.165, 1.54) is 17.7 Å². The first-order valence-electron chi connectivity index (χ1n) is 11.9. The zero-order valence-corrected chi connectivity index (χ0v) is 21.2. The minimum atomic E-state index is -0.158. The van der Waals surface area contributed by atoms with Crippen LogP contribution >= 0.6 is 23.3 Å². The molecule has 0 spiro atoms. The van der Waals surface area contributed by atoms with Crippen LogP contribution in [0.25, 0.3) is 16.2 Å². The minimum absolute atomic E-state index is 0.143. The van der Waals surface area contributed by atoms with Crippen molar-refractivity contribution < 1.29 is 14.6 Å². The van der Waals surface area contributed by atoms with Gasteiger partial charge in [0.05, 0.1) is 34.4 Å². The molecule has 6 nitrogen and oxygen atoms in total. The van der Waals surface area contributed by atoms with Crippen molar-refractivity contribution in [2.75, 3.05) is 14.2 Å². The number of hydrogen-bond acceptors (Lipinski definition) is 7. The molecular weight excluding hydrogens is 454 g/mol. The van der Waals surface area contributed by atoms with E-state index in [4.69, 9.17) is 14.5 Å². The van der Waals surface area contributed by atoms with Gasteiger partial charge >= 0.3 is 0 Å². The van der Waals surface area contributed by atoms with Crippen molar-refractivity contribution in [1.82, 2.24) is 14.1 Å². The number of thiazole rings is 1. The van der Waals surface area contributed by atoms with Gasteiger partial charge in [-0.05, 0) is 75.6 Å². The molecule has 2 aliphatic rings. The molecule has 0 saturated heterocycles. The van der Waals surface area contributed by atoms with Gasteiger partial charge < -0.3 is 14.6 Å². The predicted molar refractivity (Wildman–Crippen MR) is 134 cm³/mol. The molecule has 3 aromatic rings. The van der Waals surface area contributed by atoms with E-state index >= 15 is 0 Å². The summed E-state index contributed by atoms with van der Waals surface area (Å²) in [6.45, 7) is 2.08. The molecule has 2 N–H and O–H groups in total. The number of methoxy groups -OCH3 is 2. The molecule has 0 aliphatic heterocycles. The van der Waals surface area contributed by atoms with Crippen molar-refractivity contribution in [1.29, 1.82) is 0 Å². The topological polar surface area (TPSA) is 68.0 Å². The Morgan fingerprint density at radius 1 is 1.18 bits per heavy atom. The van der Waals surface area contributed by atoms with Crippen molar-refractivity contribution in [3.05, 3.63) is 35.0 Å². The summed E-state index contributed by atoms with van der Waals surface area (Å²) in [4.78, 5) is 8.25. The SMILES string of the molecule is COc1ccc(-c2c(C)nc3sc(C4(OC)CCCC4)cn23)cc1SN[C@H]1CC[C@@H](O)CC1. The number of aromatic nitrogens is 2. The molecule has 1 aromatic carbocycles. The quantitative estimate of drug-likeness (QED) is 0.417. The highest BCUT2D eigenvalue weighted by Crippen LogP contribution is 2.45. The lowest BCUT2D eigenvalue weighted by Crippen LogP contribution is -2.30. The maximum Gasteiger partial charge on any atom is 0.194 e. The van der Waals surface area contributed by atoms with Crippen LogP contribution in [0.2, 0.25) is 0 Å². The van der Waals surface area contributed by atoms with Crippen LogP contribution in [0.5, 0.6) is 5.75 Å². The highest BCUT2D eigenvalue weighted by atomic mass is 32.2. The van der Waals surface area contributed by atoms with Crippen molar-refractivity contribution >= 4 is 28.2 Å². The van der Waals surface area contributed by atoms with Gasteiger partial charge in [-0.25, -0.2) is 4.98 Å². The van der Waals surface area contributed by atoms with E-state index in [1.54, 1.807) is 30.4 Å². The van der Waals surface area contributed by atoms with Crippen LogP contribution in [0.15, 0.2) is 29.3 Å². The first-order chi connectivity index (χ1) is 16.0. The fourth-order valence-corrected chi connectivity index (χ4v) is 7.47. The monoisotopic (exact) mass is 487 g/mol.